The third-order valence-corrected chi connectivity index (χ3v) is 7.43. The van der Waals surface area contributed by atoms with E-state index >= 15 is 0 Å². The molecule has 4 rings (SSSR count). The van der Waals surface area contributed by atoms with E-state index in [1.54, 1.807) is 17.9 Å². The number of nitrogens with zero attached hydrogens (tertiary/aromatic N) is 2. The first kappa shape index (κ1) is 32.8. The van der Waals surface area contributed by atoms with Gasteiger partial charge in [0.1, 0.15) is 23.4 Å². The highest BCUT2D eigenvalue weighted by Crippen LogP contribution is 2.31. The molecule has 2 N–H and O–H groups in total. The van der Waals surface area contributed by atoms with E-state index in [1.807, 2.05) is 68.6 Å². The van der Waals surface area contributed by atoms with Gasteiger partial charge in [0.15, 0.2) is 0 Å². The maximum Gasteiger partial charge on any atom is 0.389 e. The second-order valence-corrected chi connectivity index (χ2v) is 11.3. The number of likely N-dealkylation sites (N-methyl/N-ethyl adjacent to an activating group) is 1. The van der Waals surface area contributed by atoms with E-state index < -0.39 is 36.9 Å². The van der Waals surface area contributed by atoms with Crippen LogP contribution in [0.1, 0.15) is 42.6 Å². The average Bonchev–Trinajstić information content (AvgIpc) is 2.99. The van der Waals surface area contributed by atoms with Crippen molar-refractivity contribution >= 4 is 17.5 Å². The first-order valence-corrected chi connectivity index (χ1v) is 14.5. The normalized spacial score (nSPS) is 17.7. The van der Waals surface area contributed by atoms with Crippen LogP contribution in [0.2, 0.25) is 0 Å². The van der Waals surface area contributed by atoms with Crippen molar-refractivity contribution in [1.29, 1.82) is 0 Å². The van der Waals surface area contributed by atoms with E-state index in [1.165, 1.54) is 12.1 Å². The van der Waals surface area contributed by atoms with Crippen molar-refractivity contribution in [3.8, 4) is 17.2 Å². The second kappa shape index (κ2) is 14.6. The van der Waals surface area contributed by atoms with Gasteiger partial charge in [0.2, 0.25) is 5.91 Å². The Morgan fingerprint density at radius 1 is 1.11 bits per heavy atom. The number of anilines is 1. The van der Waals surface area contributed by atoms with Crippen molar-refractivity contribution in [3.05, 3.63) is 83.9 Å². The molecule has 0 aromatic heterocycles. The molecule has 236 valence electrons. The Morgan fingerprint density at radius 3 is 2.45 bits per heavy atom. The van der Waals surface area contributed by atoms with Gasteiger partial charge in [-0.2, -0.15) is 13.2 Å². The zero-order chi connectivity index (χ0) is 31.9. The lowest BCUT2D eigenvalue weighted by molar-refractivity contribution is -0.142. The van der Waals surface area contributed by atoms with Crippen LogP contribution in [0, 0.1) is 5.92 Å². The molecule has 11 heteroatoms. The minimum absolute atomic E-state index is 0.105. The summed E-state index contributed by atoms with van der Waals surface area (Å²) in [4.78, 5) is 29.4. The average molecular weight is 614 g/mol. The van der Waals surface area contributed by atoms with Crippen LogP contribution in [0.15, 0.2) is 72.8 Å². The Hall–Kier alpha value is -4.09. The summed E-state index contributed by atoms with van der Waals surface area (Å²) < 4.78 is 50.0. The van der Waals surface area contributed by atoms with Crippen molar-refractivity contribution in [2.24, 2.45) is 5.92 Å². The number of aliphatic hydroxyl groups is 1. The number of hydrogen-bond donors (Lipinski definition) is 2. The topological polar surface area (TPSA) is 91.3 Å². The van der Waals surface area contributed by atoms with E-state index in [-0.39, 0.29) is 29.9 Å². The molecule has 3 aromatic rings. The number of ether oxygens (including phenoxy) is 2. The highest BCUT2D eigenvalue weighted by molar-refractivity contribution is 5.99. The van der Waals surface area contributed by atoms with E-state index in [4.69, 9.17) is 9.47 Å². The standard InChI is InChI=1S/C33H38F3N3O5/c1-22-18-39(23(2)21-40)32(42)28-17-25(37-31(41)15-16-33(34,35)36)11-14-29(28)44-30(22)20-38(3)19-24-9-12-27(13-10-24)43-26-7-5-4-6-8-26/h4-14,17,22-23,30,40H,15-16,18-21H2,1-3H3,(H,37,41)/t22-,23+,30+/m1/s1. The number of para-hydroxylation sites is 1. The van der Waals surface area contributed by atoms with Crippen LogP contribution in [-0.2, 0) is 11.3 Å². The van der Waals surface area contributed by atoms with E-state index in [0.29, 0.717) is 25.4 Å². The van der Waals surface area contributed by atoms with Crippen LogP contribution in [0.3, 0.4) is 0 Å². The summed E-state index contributed by atoms with van der Waals surface area (Å²) in [5, 5.41) is 12.3. The molecule has 0 aliphatic carbocycles. The number of rotatable bonds is 11. The van der Waals surface area contributed by atoms with Crippen molar-refractivity contribution in [2.75, 3.05) is 32.1 Å². The van der Waals surface area contributed by atoms with Gasteiger partial charge in [-0.15, -0.1) is 0 Å². The van der Waals surface area contributed by atoms with Crippen LogP contribution in [-0.4, -0.2) is 71.8 Å². The Morgan fingerprint density at radius 2 is 1.80 bits per heavy atom. The minimum atomic E-state index is -4.45. The third kappa shape index (κ3) is 9.20. The highest BCUT2D eigenvalue weighted by atomic mass is 19.4. The van der Waals surface area contributed by atoms with Crippen LogP contribution < -0.4 is 14.8 Å². The lowest BCUT2D eigenvalue weighted by atomic mass is 9.99. The zero-order valence-corrected chi connectivity index (χ0v) is 25.0. The molecule has 3 atom stereocenters. The number of amides is 2. The monoisotopic (exact) mass is 613 g/mol. The number of hydrogen-bond acceptors (Lipinski definition) is 6. The molecule has 0 bridgehead atoms. The largest absolute Gasteiger partial charge is 0.488 e. The predicted octanol–water partition coefficient (Wildman–Crippen LogP) is 6.11. The Labute approximate surface area is 255 Å². The van der Waals surface area contributed by atoms with Gasteiger partial charge in [0.25, 0.3) is 5.91 Å². The van der Waals surface area contributed by atoms with E-state index in [2.05, 4.69) is 10.2 Å². The maximum absolute atomic E-state index is 13.6. The molecule has 0 spiro atoms. The van der Waals surface area contributed by atoms with Crippen molar-refractivity contribution in [3.63, 3.8) is 0 Å². The number of carbonyl (C=O) groups is 2. The molecule has 3 aromatic carbocycles. The molecule has 1 aliphatic rings. The number of aliphatic hydroxyl groups excluding tert-OH is 1. The molecular weight excluding hydrogens is 575 g/mol. The third-order valence-electron chi connectivity index (χ3n) is 7.43. The molecule has 0 saturated heterocycles. The lowest BCUT2D eigenvalue weighted by Gasteiger charge is -2.38. The molecule has 0 saturated carbocycles. The number of carbonyl (C=O) groups excluding carboxylic acids is 2. The number of alkyl halides is 3. The van der Waals surface area contributed by atoms with Gasteiger partial charge in [-0.1, -0.05) is 37.3 Å². The van der Waals surface area contributed by atoms with Crippen molar-refractivity contribution in [1.82, 2.24) is 9.80 Å². The molecular formula is C33H38F3N3O5. The minimum Gasteiger partial charge on any atom is -0.488 e. The molecule has 0 fully saturated rings. The number of benzene rings is 3. The number of fused-ring (bicyclic) bond motifs is 1. The molecule has 1 heterocycles. The first-order chi connectivity index (χ1) is 20.9. The second-order valence-electron chi connectivity index (χ2n) is 11.3. The fraction of sp³-hybridized carbons (Fsp3) is 0.394. The summed E-state index contributed by atoms with van der Waals surface area (Å²) in [6.45, 7) is 4.93. The van der Waals surface area contributed by atoms with E-state index in [9.17, 15) is 27.9 Å². The van der Waals surface area contributed by atoms with Gasteiger partial charge in [-0.25, -0.2) is 0 Å². The van der Waals surface area contributed by atoms with Crippen LogP contribution in [0.5, 0.6) is 17.2 Å². The SMILES string of the molecule is C[C@@H]1CN([C@@H](C)CO)C(=O)c2cc(NC(=O)CCC(F)(F)F)ccc2O[C@H]1CN(C)Cc1ccc(Oc2ccccc2)cc1. The Kier molecular flexibility index (Phi) is 10.9. The van der Waals surface area contributed by atoms with Gasteiger partial charge in [-0.3, -0.25) is 14.5 Å². The molecule has 2 amide bonds. The number of halogens is 3. The van der Waals surface area contributed by atoms with Gasteiger partial charge in [0.05, 0.1) is 24.6 Å². The summed E-state index contributed by atoms with van der Waals surface area (Å²) in [6, 6.07) is 21.3. The smallest absolute Gasteiger partial charge is 0.389 e. The summed E-state index contributed by atoms with van der Waals surface area (Å²) >= 11 is 0. The predicted molar refractivity (Wildman–Crippen MR) is 161 cm³/mol. The fourth-order valence-corrected chi connectivity index (χ4v) is 4.97. The van der Waals surface area contributed by atoms with Gasteiger partial charge in [-0.05, 0) is 62.0 Å². The van der Waals surface area contributed by atoms with E-state index in [0.717, 1.165) is 17.1 Å². The molecule has 1 aliphatic heterocycles. The van der Waals surface area contributed by atoms with Gasteiger partial charge < -0.3 is 24.8 Å². The zero-order valence-electron chi connectivity index (χ0n) is 25.0. The van der Waals surface area contributed by atoms with Gasteiger partial charge >= 0.3 is 6.18 Å². The molecule has 8 nitrogen and oxygen atoms in total. The summed E-state index contributed by atoms with van der Waals surface area (Å²) in [5.41, 5.74) is 1.42. The fourth-order valence-electron chi connectivity index (χ4n) is 4.97. The molecule has 0 unspecified atom stereocenters. The first-order valence-electron chi connectivity index (χ1n) is 14.5. The van der Waals surface area contributed by atoms with Crippen LogP contribution >= 0.6 is 0 Å². The van der Waals surface area contributed by atoms with Crippen molar-refractivity contribution in [2.45, 2.75) is 51.6 Å². The Balaban J connectivity index is 1.48. The maximum atomic E-state index is 13.6. The van der Waals surface area contributed by atoms with Crippen LogP contribution in [0.4, 0.5) is 18.9 Å². The summed E-state index contributed by atoms with van der Waals surface area (Å²) in [5.74, 6) is 0.471. The summed E-state index contributed by atoms with van der Waals surface area (Å²) in [6.07, 6.45) is -6.76. The molecule has 0 radical (unpaired) electrons. The van der Waals surface area contributed by atoms with Crippen LogP contribution in [0.25, 0.3) is 0 Å². The number of nitrogens with one attached hydrogen (secondary N) is 1. The van der Waals surface area contributed by atoms with Gasteiger partial charge in [0, 0.05) is 37.7 Å². The Bertz CT molecular complexity index is 1400. The lowest BCUT2D eigenvalue weighted by Crippen LogP contribution is -2.49. The summed E-state index contributed by atoms with van der Waals surface area (Å²) in [7, 11) is 1.98. The quantitative estimate of drug-likeness (QED) is 0.271. The van der Waals surface area contributed by atoms with Crippen molar-refractivity contribution < 1.29 is 37.3 Å². The highest BCUT2D eigenvalue weighted by Gasteiger charge is 2.34. The molecule has 44 heavy (non-hydrogen) atoms.